The molecule has 0 aromatic rings. The lowest BCUT2D eigenvalue weighted by Crippen LogP contribution is -2.43. The molecule has 78 valence electrons. The van der Waals surface area contributed by atoms with Gasteiger partial charge in [-0.25, -0.2) is 5.14 Å². The average molecular weight is 210 g/mol. The number of rotatable bonds is 6. The molecule has 0 heterocycles. The standard InChI is InChI=1S/C6H14N2O4S/c1-2-3-4-5(6(9)10)8-13(7,11)12/h5,8H,2-4H2,1H3,(H,9,10)(H2,7,11,12). The van der Waals surface area contributed by atoms with Gasteiger partial charge in [-0.2, -0.15) is 13.1 Å². The van der Waals surface area contributed by atoms with Crippen molar-refractivity contribution in [2.24, 2.45) is 5.14 Å². The van der Waals surface area contributed by atoms with E-state index >= 15 is 0 Å². The Morgan fingerprint density at radius 2 is 2.15 bits per heavy atom. The zero-order chi connectivity index (χ0) is 10.5. The first-order valence-corrected chi connectivity index (χ1v) is 5.44. The van der Waals surface area contributed by atoms with E-state index in [1.165, 1.54) is 0 Å². The van der Waals surface area contributed by atoms with Crippen molar-refractivity contribution in [3.05, 3.63) is 0 Å². The number of unbranched alkanes of at least 4 members (excludes halogenated alkanes) is 1. The van der Waals surface area contributed by atoms with Crippen LogP contribution in [-0.2, 0) is 15.0 Å². The molecule has 7 heteroatoms. The van der Waals surface area contributed by atoms with Gasteiger partial charge in [-0.3, -0.25) is 4.79 Å². The van der Waals surface area contributed by atoms with Gasteiger partial charge in [-0.15, -0.1) is 0 Å². The molecule has 0 aromatic heterocycles. The van der Waals surface area contributed by atoms with Gasteiger partial charge >= 0.3 is 5.97 Å². The van der Waals surface area contributed by atoms with Crippen molar-refractivity contribution in [1.82, 2.24) is 4.72 Å². The Morgan fingerprint density at radius 3 is 2.46 bits per heavy atom. The highest BCUT2D eigenvalue weighted by Gasteiger charge is 2.20. The summed E-state index contributed by atoms with van der Waals surface area (Å²) in [5.41, 5.74) is 0. The van der Waals surface area contributed by atoms with Gasteiger partial charge in [0.1, 0.15) is 6.04 Å². The Labute approximate surface area is 77.3 Å². The van der Waals surface area contributed by atoms with Crippen molar-refractivity contribution in [3.63, 3.8) is 0 Å². The Balaban J connectivity index is 4.19. The third-order valence-electron chi connectivity index (χ3n) is 1.45. The zero-order valence-electron chi connectivity index (χ0n) is 7.36. The van der Waals surface area contributed by atoms with E-state index in [-0.39, 0.29) is 6.42 Å². The van der Waals surface area contributed by atoms with Crippen molar-refractivity contribution in [2.75, 3.05) is 0 Å². The van der Waals surface area contributed by atoms with E-state index in [0.29, 0.717) is 6.42 Å². The topological polar surface area (TPSA) is 109 Å². The summed E-state index contributed by atoms with van der Waals surface area (Å²) in [7, 11) is -3.93. The molecule has 0 rings (SSSR count). The van der Waals surface area contributed by atoms with Crippen LogP contribution in [0.1, 0.15) is 26.2 Å². The van der Waals surface area contributed by atoms with Crippen molar-refractivity contribution in [2.45, 2.75) is 32.2 Å². The second kappa shape index (κ2) is 5.15. The van der Waals surface area contributed by atoms with E-state index in [2.05, 4.69) is 5.14 Å². The van der Waals surface area contributed by atoms with Crippen LogP contribution in [0.2, 0.25) is 0 Å². The van der Waals surface area contributed by atoms with Crippen molar-refractivity contribution < 1.29 is 18.3 Å². The molecule has 0 fully saturated rings. The van der Waals surface area contributed by atoms with E-state index in [1.54, 1.807) is 0 Å². The maximum atomic E-state index is 10.5. The van der Waals surface area contributed by atoms with Gasteiger partial charge in [0.15, 0.2) is 0 Å². The molecule has 0 aromatic carbocycles. The van der Waals surface area contributed by atoms with Gasteiger partial charge in [0.25, 0.3) is 10.2 Å². The summed E-state index contributed by atoms with van der Waals surface area (Å²) in [6.45, 7) is 1.88. The van der Waals surface area contributed by atoms with E-state index in [0.717, 1.165) is 6.42 Å². The predicted molar refractivity (Wildman–Crippen MR) is 47.2 cm³/mol. The fourth-order valence-electron chi connectivity index (χ4n) is 0.839. The van der Waals surface area contributed by atoms with Gasteiger partial charge in [-0.1, -0.05) is 19.8 Å². The van der Waals surface area contributed by atoms with Crippen LogP contribution >= 0.6 is 0 Å². The van der Waals surface area contributed by atoms with Gasteiger partial charge in [0.05, 0.1) is 0 Å². The quantitative estimate of drug-likeness (QED) is 0.545. The van der Waals surface area contributed by atoms with Gasteiger partial charge in [0, 0.05) is 0 Å². The fourth-order valence-corrected chi connectivity index (χ4v) is 1.45. The predicted octanol–water partition coefficient (Wildman–Crippen LogP) is -0.577. The Bertz CT molecular complexity index is 262. The van der Waals surface area contributed by atoms with Crippen molar-refractivity contribution >= 4 is 16.2 Å². The normalized spacial score (nSPS) is 14.0. The minimum atomic E-state index is -3.93. The van der Waals surface area contributed by atoms with Crippen LogP contribution < -0.4 is 9.86 Å². The molecule has 0 spiro atoms. The molecule has 0 radical (unpaired) electrons. The number of hydrogen-bond donors (Lipinski definition) is 3. The fraction of sp³-hybridized carbons (Fsp3) is 0.833. The van der Waals surface area contributed by atoms with Crippen LogP contribution in [0, 0.1) is 0 Å². The van der Waals surface area contributed by atoms with Crippen LogP contribution in [0.4, 0.5) is 0 Å². The molecular weight excluding hydrogens is 196 g/mol. The molecule has 13 heavy (non-hydrogen) atoms. The van der Waals surface area contributed by atoms with E-state index in [9.17, 15) is 13.2 Å². The summed E-state index contributed by atoms with van der Waals surface area (Å²) in [5, 5.41) is 13.2. The lowest BCUT2D eigenvalue weighted by molar-refractivity contribution is -0.139. The highest BCUT2D eigenvalue weighted by Crippen LogP contribution is 2.01. The number of aliphatic carboxylic acids is 1. The minimum Gasteiger partial charge on any atom is -0.480 e. The number of carboxylic acid groups (broad SMARTS) is 1. The van der Waals surface area contributed by atoms with Crippen LogP contribution in [0.25, 0.3) is 0 Å². The Kier molecular flexibility index (Phi) is 4.89. The van der Waals surface area contributed by atoms with E-state index in [1.807, 2.05) is 11.6 Å². The number of nitrogens with two attached hydrogens (primary N) is 1. The summed E-state index contributed by atoms with van der Waals surface area (Å²) in [5.74, 6) is -1.21. The molecule has 0 aliphatic carbocycles. The molecule has 6 nitrogen and oxygen atoms in total. The molecule has 4 N–H and O–H groups in total. The van der Waals surface area contributed by atoms with Crippen LogP contribution in [0.3, 0.4) is 0 Å². The molecule has 0 amide bonds. The molecular formula is C6H14N2O4S. The Hall–Kier alpha value is -0.660. The van der Waals surface area contributed by atoms with Crippen molar-refractivity contribution in [3.8, 4) is 0 Å². The molecule has 0 aliphatic rings. The van der Waals surface area contributed by atoms with Crippen LogP contribution in [-0.4, -0.2) is 25.5 Å². The summed E-state index contributed by atoms with van der Waals surface area (Å²) in [4.78, 5) is 10.5. The third-order valence-corrected chi connectivity index (χ3v) is 2.06. The maximum Gasteiger partial charge on any atom is 0.321 e. The second-order valence-corrected chi connectivity index (χ2v) is 4.02. The zero-order valence-corrected chi connectivity index (χ0v) is 8.17. The highest BCUT2D eigenvalue weighted by atomic mass is 32.2. The smallest absolute Gasteiger partial charge is 0.321 e. The van der Waals surface area contributed by atoms with Crippen LogP contribution in [0.5, 0.6) is 0 Å². The first kappa shape index (κ1) is 12.3. The first-order valence-electron chi connectivity index (χ1n) is 3.89. The van der Waals surface area contributed by atoms with Crippen molar-refractivity contribution in [1.29, 1.82) is 0 Å². The Morgan fingerprint density at radius 1 is 1.62 bits per heavy atom. The van der Waals surface area contributed by atoms with E-state index in [4.69, 9.17) is 5.11 Å². The maximum absolute atomic E-state index is 10.5. The summed E-state index contributed by atoms with van der Waals surface area (Å²) < 4.78 is 22.9. The molecule has 1 atom stereocenters. The number of nitrogens with one attached hydrogen (secondary N) is 1. The summed E-state index contributed by atoms with van der Waals surface area (Å²) >= 11 is 0. The SMILES string of the molecule is CCCCC(NS(N)(=O)=O)C(=O)O. The largest absolute Gasteiger partial charge is 0.480 e. The third kappa shape index (κ3) is 6.50. The second-order valence-electron chi connectivity index (χ2n) is 2.70. The van der Waals surface area contributed by atoms with Gasteiger partial charge in [0.2, 0.25) is 0 Å². The van der Waals surface area contributed by atoms with Gasteiger partial charge < -0.3 is 5.11 Å². The van der Waals surface area contributed by atoms with Crippen LogP contribution in [0.15, 0.2) is 0 Å². The molecule has 0 saturated carbocycles. The highest BCUT2D eigenvalue weighted by molar-refractivity contribution is 7.87. The molecule has 0 saturated heterocycles. The minimum absolute atomic E-state index is 0.252. The van der Waals surface area contributed by atoms with Gasteiger partial charge in [-0.05, 0) is 6.42 Å². The average Bonchev–Trinajstić information content (AvgIpc) is 1.95. The number of carbonyl (C=O) groups is 1. The van der Waals surface area contributed by atoms with E-state index < -0.39 is 22.2 Å². The molecule has 0 bridgehead atoms. The number of carboxylic acids is 1. The molecule has 1 unspecified atom stereocenters. The summed E-state index contributed by atoms with van der Waals surface area (Å²) in [6.07, 6.45) is 1.69. The monoisotopic (exact) mass is 210 g/mol. The summed E-state index contributed by atoms with van der Waals surface area (Å²) in [6, 6.07) is -1.12. The lowest BCUT2D eigenvalue weighted by atomic mass is 10.1. The number of hydrogen-bond acceptors (Lipinski definition) is 3. The lowest BCUT2D eigenvalue weighted by Gasteiger charge is -2.11. The molecule has 0 aliphatic heterocycles. The first-order chi connectivity index (χ1) is 5.87.